The van der Waals surface area contributed by atoms with Crippen molar-refractivity contribution in [2.45, 2.75) is 58.0 Å². The number of alkyl halides is 2. The normalized spacial score (nSPS) is 13.1. The number of ether oxygens (including phenoxy) is 1. The van der Waals surface area contributed by atoms with Crippen LogP contribution in [-0.4, -0.2) is 4.98 Å². The number of benzene rings is 2. The molecule has 1 fully saturated rings. The topological polar surface area (TPSA) is 48.1 Å². The molecule has 3 nitrogen and oxygen atoms in total. The second-order valence-electron chi connectivity index (χ2n) is 8.99. The fourth-order valence-electron chi connectivity index (χ4n) is 3.36. The average Bonchev–Trinajstić information content (AvgIpc) is 3.64. The second kappa shape index (κ2) is 11.4. The van der Waals surface area contributed by atoms with Crippen LogP contribution in [0.3, 0.4) is 0 Å². The van der Waals surface area contributed by atoms with Crippen LogP contribution in [0.1, 0.15) is 56.9 Å². The third-order valence-electron chi connectivity index (χ3n) is 5.62. The minimum absolute atomic E-state index is 0.123. The Kier molecular flexibility index (Phi) is 8.79. The van der Waals surface area contributed by atoms with Crippen molar-refractivity contribution in [3.63, 3.8) is 0 Å². The Hall–Kier alpha value is -2.63. The first kappa shape index (κ1) is 27.0. The molecule has 1 saturated carbocycles. The fourth-order valence-corrected chi connectivity index (χ4v) is 3.97. The molecule has 1 aromatic heterocycles. The quantitative estimate of drug-likeness (QED) is 0.251. The van der Waals surface area contributed by atoms with Crippen molar-refractivity contribution in [2.24, 2.45) is 0 Å². The minimum Gasteiger partial charge on any atom is -0.481 e. The van der Waals surface area contributed by atoms with Crippen LogP contribution in [0.15, 0.2) is 72.4 Å². The van der Waals surface area contributed by atoms with Gasteiger partial charge in [-0.05, 0) is 69.0 Å². The molecule has 0 amide bonds. The highest BCUT2D eigenvalue weighted by molar-refractivity contribution is 6.34. The van der Waals surface area contributed by atoms with E-state index in [0.717, 1.165) is 12.0 Å². The van der Waals surface area contributed by atoms with Gasteiger partial charge in [0.2, 0.25) is 0 Å². The number of nitrogens with two attached hydrogens (primary N) is 1. The second-order valence-corrected chi connectivity index (χ2v) is 9.83. The van der Waals surface area contributed by atoms with Gasteiger partial charge in [0.1, 0.15) is 17.0 Å². The molecule has 3 aromatic rings. The molecule has 0 bridgehead atoms. The van der Waals surface area contributed by atoms with E-state index in [1.54, 1.807) is 60.8 Å². The smallest absolute Gasteiger partial charge is 0.273 e. The molecule has 7 heteroatoms. The molecule has 0 atom stereocenters. The number of halogens is 4. The summed E-state index contributed by atoms with van der Waals surface area (Å²) in [6.07, 6.45) is 6.91. The predicted octanol–water partition coefficient (Wildman–Crippen LogP) is 8.74. The molecule has 35 heavy (non-hydrogen) atoms. The van der Waals surface area contributed by atoms with E-state index in [-0.39, 0.29) is 12.0 Å². The Morgan fingerprint density at radius 1 is 1.03 bits per heavy atom. The lowest BCUT2D eigenvalue weighted by atomic mass is 10.0. The molecule has 2 aromatic carbocycles. The fraction of sp³-hybridized carbons (Fsp3) is 0.321. The van der Waals surface area contributed by atoms with Gasteiger partial charge in [0.05, 0.1) is 10.0 Å². The van der Waals surface area contributed by atoms with Gasteiger partial charge in [-0.25, -0.2) is 8.78 Å². The number of pyridine rings is 1. The number of hydrogen-bond donors (Lipinski definition) is 1. The summed E-state index contributed by atoms with van der Waals surface area (Å²) in [7, 11) is 0. The standard InChI is InChI=1S/C14H14Cl2N2O.C14H16F2/c1-14(2,13-12(16)7-9(15)8-18-13)19-11-5-3-10(17)4-6-11;1-2-14(15,16)13-9-7-12(8-10-13)6-5-11-3-4-11/h3-8H,17H2,1-2H3;5,7-10H,2-4,6H2,1H3. The van der Waals surface area contributed by atoms with E-state index in [2.05, 4.69) is 11.1 Å². The molecule has 2 N–H and O–H groups in total. The van der Waals surface area contributed by atoms with Gasteiger partial charge in [-0.15, -0.1) is 0 Å². The molecule has 186 valence electrons. The van der Waals surface area contributed by atoms with E-state index in [9.17, 15) is 8.78 Å². The highest BCUT2D eigenvalue weighted by atomic mass is 35.5. The highest BCUT2D eigenvalue weighted by Crippen LogP contribution is 2.33. The van der Waals surface area contributed by atoms with Crippen LogP contribution >= 0.6 is 23.2 Å². The van der Waals surface area contributed by atoms with Crippen molar-refractivity contribution in [1.82, 2.24) is 4.98 Å². The molecule has 1 heterocycles. The van der Waals surface area contributed by atoms with Crippen LogP contribution in [-0.2, 0) is 17.9 Å². The summed E-state index contributed by atoms with van der Waals surface area (Å²) in [4.78, 5) is 4.25. The van der Waals surface area contributed by atoms with Gasteiger partial charge in [-0.3, -0.25) is 4.98 Å². The maximum Gasteiger partial charge on any atom is 0.273 e. The van der Waals surface area contributed by atoms with Crippen LogP contribution in [0.2, 0.25) is 10.0 Å². The summed E-state index contributed by atoms with van der Waals surface area (Å²) in [6, 6.07) is 15.5. The number of allylic oxidation sites excluding steroid dienone is 2. The lowest BCUT2D eigenvalue weighted by Gasteiger charge is -2.26. The van der Waals surface area contributed by atoms with E-state index < -0.39 is 11.5 Å². The summed E-state index contributed by atoms with van der Waals surface area (Å²) in [6.45, 7) is 5.29. The van der Waals surface area contributed by atoms with E-state index in [1.807, 2.05) is 13.8 Å². The van der Waals surface area contributed by atoms with Gasteiger partial charge < -0.3 is 10.5 Å². The van der Waals surface area contributed by atoms with Gasteiger partial charge in [-0.2, -0.15) is 0 Å². The summed E-state index contributed by atoms with van der Waals surface area (Å²) < 4.78 is 32.6. The summed E-state index contributed by atoms with van der Waals surface area (Å²) in [5.74, 6) is -1.99. The van der Waals surface area contributed by atoms with Crippen LogP contribution in [0, 0.1) is 0 Å². The maximum absolute atomic E-state index is 13.3. The van der Waals surface area contributed by atoms with Gasteiger partial charge in [-0.1, -0.05) is 66.0 Å². The molecular weight excluding hydrogens is 489 g/mol. The van der Waals surface area contributed by atoms with Gasteiger partial charge in [0.15, 0.2) is 0 Å². The molecule has 0 aliphatic heterocycles. The van der Waals surface area contributed by atoms with Crippen molar-refractivity contribution in [2.75, 3.05) is 5.73 Å². The van der Waals surface area contributed by atoms with Crippen molar-refractivity contribution < 1.29 is 13.5 Å². The molecular formula is C28H30Cl2F2N2O. The number of aromatic nitrogens is 1. The molecule has 4 rings (SSSR count). The number of hydrogen-bond acceptors (Lipinski definition) is 3. The maximum atomic E-state index is 13.3. The average molecular weight is 519 g/mol. The summed E-state index contributed by atoms with van der Waals surface area (Å²) in [5, 5.41) is 0.977. The van der Waals surface area contributed by atoms with Crippen molar-refractivity contribution in [3.05, 3.63) is 99.3 Å². The monoisotopic (exact) mass is 518 g/mol. The zero-order chi connectivity index (χ0) is 25.6. The van der Waals surface area contributed by atoms with Gasteiger partial charge in [0.25, 0.3) is 5.92 Å². The predicted molar refractivity (Wildman–Crippen MR) is 140 cm³/mol. The van der Waals surface area contributed by atoms with Gasteiger partial charge >= 0.3 is 0 Å². The lowest BCUT2D eigenvalue weighted by Crippen LogP contribution is -2.27. The van der Waals surface area contributed by atoms with Crippen molar-refractivity contribution in [3.8, 4) is 5.75 Å². The number of anilines is 1. The molecule has 1 aliphatic rings. The zero-order valence-corrected chi connectivity index (χ0v) is 21.6. The summed E-state index contributed by atoms with van der Waals surface area (Å²) >= 11 is 12.0. The first-order valence-electron chi connectivity index (χ1n) is 11.5. The lowest BCUT2D eigenvalue weighted by molar-refractivity contribution is -0.00829. The van der Waals surface area contributed by atoms with Crippen LogP contribution in [0.5, 0.6) is 5.75 Å². The van der Waals surface area contributed by atoms with E-state index in [1.165, 1.54) is 25.3 Å². The largest absolute Gasteiger partial charge is 0.481 e. The minimum atomic E-state index is -2.69. The van der Waals surface area contributed by atoms with E-state index in [4.69, 9.17) is 33.7 Å². The Morgan fingerprint density at radius 3 is 2.20 bits per heavy atom. The SMILES string of the molecule is CC(C)(Oc1ccc(N)cc1)c1ncc(Cl)cc1Cl.CCC(F)(F)c1ccc(CC=C2CC2)cc1. The summed E-state index contributed by atoms with van der Waals surface area (Å²) in [5.41, 5.74) is 9.01. The number of nitrogens with zero attached hydrogens (tertiary/aromatic N) is 1. The van der Waals surface area contributed by atoms with Gasteiger partial charge in [0, 0.05) is 23.9 Å². The Morgan fingerprint density at radius 2 is 1.66 bits per heavy atom. The Bertz CT molecular complexity index is 1150. The molecule has 1 aliphatic carbocycles. The molecule has 0 saturated heterocycles. The first-order chi connectivity index (χ1) is 16.5. The number of nitrogen functional groups attached to an aromatic ring is 1. The van der Waals surface area contributed by atoms with Crippen molar-refractivity contribution in [1.29, 1.82) is 0 Å². The Labute approximate surface area is 215 Å². The molecule has 0 spiro atoms. The molecule has 0 unspecified atom stereocenters. The van der Waals surface area contributed by atoms with Crippen LogP contribution in [0.4, 0.5) is 14.5 Å². The van der Waals surface area contributed by atoms with E-state index >= 15 is 0 Å². The highest BCUT2D eigenvalue weighted by Gasteiger charge is 2.28. The third-order valence-corrected chi connectivity index (χ3v) is 6.11. The third kappa shape index (κ3) is 7.94. The van der Waals surface area contributed by atoms with E-state index in [0.29, 0.717) is 27.2 Å². The molecule has 0 radical (unpaired) electrons. The van der Waals surface area contributed by atoms with Crippen molar-refractivity contribution >= 4 is 28.9 Å². The zero-order valence-electron chi connectivity index (χ0n) is 20.1. The van der Waals surface area contributed by atoms with Crippen LogP contribution < -0.4 is 10.5 Å². The number of rotatable bonds is 7. The Balaban J connectivity index is 0.000000198. The first-order valence-corrected chi connectivity index (χ1v) is 12.3. The van der Waals surface area contributed by atoms with Crippen LogP contribution in [0.25, 0.3) is 0 Å².